The van der Waals surface area contributed by atoms with Crippen molar-refractivity contribution in [1.82, 2.24) is 9.80 Å². The summed E-state index contributed by atoms with van der Waals surface area (Å²) in [5, 5.41) is 9.50. The molecule has 1 N–H and O–H groups in total. The van der Waals surface area contributed by atoms with Crippen LogP contribution in [0.1, 0.15) is 62.0 Å². The number of likely N-dealkylation sites (tertiary alicyclic amines) is 1. The molecule has 9 heteroatoms. The molecule has 5 rings (SSSR count). The molecule has 0 aromatic heterocycles. The molecule has 3 aliphatic rings. The number of hydrogen-bond donors (Lipinski definition) is 1. The zero-order valence-electron chi connectivity index (χ0n) is 21.8. The first kappa shape index (κ1) is 27.6. The summed E-state index contributed by atoms with van der Waals surface area (Å²) in [7, 11) is 0. The minimum atomic E-state index is -4.99. The van der Waals surface area contributed by atoms with E-state index in [9.17, 15) is 32.3 Å². The molecule has 2 aromatic rings. The van der Waals surface area contributed by atoms with E-state index < -0.39 is 35.0 Å². The number of halogens is 4. The number of rotatable bonds is 9. The summed E-state index contributed by atoms with van der Waals surface area (Å²) >= 11 is 0. The van der Waals surface area contributed by atoms with Crippen molar-refractivity contribution in [3.63, 3.8) is 0 Å². The van der Waals surface area contributed by atoms with Crippen molar-refractivity contribution in [3.05, 3.63) is 71.5 Å². The van der Waals surface area contributed by atoms with Crippen LogP contribution in [0.15, 0.2) is 54.6 Å². The highest BCUT2D eigenvalue weighted by molar-refractivity contribution is 5.82. The van der Waals surface area contributed by atoms with Gasteiger partial charge < -0.3 is 10.0 Å². The highest BCUT2D eigenvalue weighted by Gasteiger charge is 2.55. The molecule has 2 aliphatic carbocycles. The van der Waals surface area contributed by atoms with E-state index in [0.717, 1.165) is 35.3 Å². The zero-order chi connectivity index (χ0) is 27.8. The Hall–Kier alpha value is -2.94. The number of nitrogens with zero attached hydrogens (tertiary/aromatic N) is 2. The minimum Gasteiger partial charge on any atom is -0.481 e. The van der Waals surface area contributed by atoms with E-state index in [0.29, 0.717) is 38.8 Å². The van der Waals surface area contributed by atoms with Crippen molar-refractivity contribution in [2.24, 2.45) is 5.41 Å². The molecule has 2 atom stereocenters. The van der Waals surface area contributed by atoms with Crippen LogP contribution in [0.3, 0.4) is 0 Å². The molecule has 1 heterocycles. The van der Waals surface area contributed by atoms with Crippen LogP contribution in [0, 0.1) is 11.2 Å². The first-order valence-corrected chi connectivity index (χ1v) is 13.6. The SMILES string of the molecule is O=C(O)CC1(N2CCC(Cc3ccc(F)cc3)(CN(C(=O)C(F)(F)F)[C@@H]3C[C@H]3c3ccccc3)CC2)CCC1. The maximum atomic E-state index is 13.9. The van der Waals surface area contributed by atoms with Gasteiger partial charge in [0, 0.05) is 24.0 Å². The quantitative estimate of drug-likeness (QED) is 0.404. The normalized spacial score (nSPS) is 24.0. The Kier molecular flexibility index (Phi) is 7.48. The van der Waals surface area contributed by atoms with Gasteiger partial charge in [-0.25, -0.2) is 4.39 Å². The third-order valence-corrected chi connectivity index (χ3v) is 9.15. The van der Waals surface area contributed by atoms with E-state index in [4.69, 9.17) is 0 Å². The van der Waals surface area contributed by atoms with Crippen LogP contribution in [0.25, 0.3) is 0 Å². The van der Waals surface area contributed by atoms with E-state index in [1.54, 1.807) is 12.1 Å². The molecule has 1 aliphatic heterocycles. The molecule has 5 nitrogen and oxygen atoms in total. The maximum Gasteiger partial charge on any atom is 0.471 e. The maximum absolute atomic E-state index is 13.9. The van der Waals surface area contributed by atoms with Gasteiger partial charge in [0.1, 0.15) is 5.82 Å². The number of carbonyl (C=O) groups is 2. The summed E-state index contributed by atoms with van der Waals surface area (Å²) in [6, 6.07) is 14.8. The Morgan fingerprint density at radius 1 is 0.974 bits per heavy atom. The second-order valence-corrected chi connectivity index (χ2v) is 11.7. The largest absolute Gasteiger partial charge is 0.481 e. The van der Waals surface area contributed by atoms with E-state index in [1.807, 2.05) is 30.3 Å². The summed E-state index contributed by atoms with van der Waals surface area (Å²) in [4.78, 5) is 27.6. The number of aliphatic carboxylic acids is 1. The van der Waals surface area contributed by atoms with Gasteiger partial charge in [-0.1, -0.05) is 42.5 Å². The number of alkyl halides is 3. The highest BCUT2D eigenvalue weighted by Crippen LogP contribution is 2.50. The summed E-state index contributed by atoms with van der Waals surface area (Å²) in [6.07, 6.45) is -0.443. The summed E-state index contributed by atoms with van der Waals surface area (Å²) in [6.45, 7) is 1.06. The lowest BCUT2D eigenvalue weighted by Gasteiger charge is -2.55. The number of amides is 1. The lowest BCUT2D eigenvalue weighted by molar-refractivity contribution is -0.188. The molecular weight excluding hydrogens is 512 g/mol. The topological polar surface area (TPSA) is 60.9 Å². The van der Waals surface area contributed by atoms with Gasteiger partial charge in [-0.2, -0.15) is 13.2 Å². The number of hydrogen-bond acceptors (Lipinski definition) is 3. The van der Waals surface area contributed by atoms with Gasteiger partial charge in [-0.15, -0.1) is 0 Å². The van der Waals surface area contributed by atoms with Gasteiger partial charge in [0.05, 0.1) is 6.42 Å². The van der Waals surface area contributed by atoms with Crippen molar-refractivity contribution in [3.8, 4) is 0 Å². The molecule has 0 unspecified atom stereocenters. The van der Waals surface area contributed by atoms with Crippen LogP contribution in [0.4, 0.5) is 17.6 Å². The van der Waals surface area contributed by atoms with Crippen molar-refractivity contribution in [2.45, 2.75) is 75.0 Å². The molecule has 1 amide bonds. The van der Waals surface area contributed by atoms with E-state index in [1.165, 1.54) is 12.1 Å². The Morgan fingerprint density at radius 2 is 1.62 bits per heavy atom. The fourth-order valence-electron chi connectivity index (χ4n) is 6.80. The zero-order valence-corrected chi connectivity index (χ0v) is 21.8. The second kappa shape index (κ2) is 10.6. The van der Waals surface area contributed by atoms with Crippen LogP contribution < -0.4 is 0 Å². The smallest absolute Gasteiger partial charge is 0.471 e. The number of carboxylic acid groups (broad SMARTS) is 1. The molecule has 210 valence electrons. The molecule has 0 bridgehead atoms. The predicted octanol–water partition coefficient (Wildman–Crippen LogP) is 5.79. The Balaban J connectivity index is 1.41. The van der Waals surface area contributed by atoms with Crippen LogP contribution >= 0.6 is 0 Å². The van der Waals surface area contributed by atoms with Crippen LogP contribution in [-0.2, 0) is 16.0 Å². The summed E-state index contributed by atoms with van der Waals surface area (Å²) < 4.78 is 55.2. The number of carboxylic acids is 1. The third kappa shape index (κ3) is 5.98. The average Bonchev–Trinajstić information content (AvgIpc) is 3.67. The number of carbonyl (C=O) groups excluding carboxylic acids is 1. The molecular formula is C30H34F4N2O3. The first-order chi connectivity index (χ1) is 18.5. The standard InChI is InChI=1S/C30H34F4N2O3/c31-23-9-7-21(8-10-23)18-28(13-15-35(16-14-28)29(11-4-12-29)19-26(37)38)20-36(27(39)30(32,33)34)25-17-24(25)22-5-2-1-3-6-22/h1-3,5-10,24-25H,4,11-20H2,(H,37,38)/t24-,25+/m0/s1. The fourth-order valence-corrected chi connectivity index (χ4v) is 6.80. The minimum absolute atomic E-state index is 0.0451. The monoisotopic (exact) mass is 546 g/mol. The van der Waals surface area contributed by atoms with E-state index >= 15 is 0 Å². The Labute approximate surface area is 225 Å². The molecule has 0 spiro atoms. The average molecular weight is 547 g/mol. The van der Waals surface area contributed by atoms with Crippen LogP contribution in [-0.4, -0.2) is 64.2 Å². The lowest BCUT2D eigenvalue weighted by Crippen LogP contribution is -2.60. The molecule has 2 aromatic carbocycles. The van der Waals surface area contributed by atoms with Crippen LogP contribution in [0.2, 0.25) is 0 Å². The van der Waals surface area contributed by atoms with Gasteiger partial charge in [-0.05, 0) is 86.7 Å². The third-order valence-electron chi connectivity index (χ3n) is 9.15. The number of benzene rings is 2. The fraction of sp³-hybridized carbons (Fsp3) is 0.533. The van der Waals surface area contributed by atoms with Crippen LogP contribution in [0.5, 0.6) is 0 Å². The molecule has 2 saturated carbocycles. The molecule has 0 radical (unpaired) electrons. The summed E-state index contributed by atoms with van der Waals surface area (Å²) in [5.41, 5.74) is 0.686. The predicted molar refractivity (Wildman–Crippen MR) is 138 cm³/mol. The van der Waals surface area contributed by atoms with Gasteiger partial charge in [0.2, 0.25) is 0 Å². The van der Waals surface area contributed by atoms with Gasteiger partial charge in [0.15, 0.2) is 0 Å². The Morgan fingerprint density at radius 3 is 2.15 bits per heavy atom. The molecule has 1 saturated heterocycles. The van der Waals surface area contributed by atoms with Gasteiger partial charge in [0.25, 0.3) is 0 Å². The van der Waals surface area contributed by atoms with Gasteiger partial charge >= 0.3 is 18.1 Å². The molecule has 39 heavy (non-hydrogen) atoms. The van der Waals surface area contributed by atoms with Crippen molar-refractivity contribution in [2.75, 3.05) is 19.6 Å². The van der Waals surface area contributed by atoms with Crippen molar-refractivity contribution >= 4 is 11.9 Å². The highest BCUT2D eigenvalue weighted by atomic mass is 19.4. The second-order valence-electron chi connectivity index (χ2n) is 11.7. The van der Waals surface area contributed by atoms with Crippen molar-refractivity contribution in [1.29, 1.82) is 0 Å². The number of piperidine rings is 1. The first-order valence-electron chi connectivity index (χ1n) is 13.6. The lowest BCUT2D eigenvalue weighted by atomic mass is 9.68. The Bertz CT molecular complexity index is 1170. The van der Waals surface area contributed by atoms with E-state index in [-0.39, 0.29) is 24.7 Å². The molecule has 3 fully saturated rings. The van der Waals surface area contributed by atoms with Crippen molar-refractivity contribution < 1.29 is 32.3 Å². The van der Waals surface area contributed by atoms with Gasteiger partial charge in [-0.3, -0.25) is 14.5 Å². The summed E-state index contributed by atoms with van der Waals surface area (Å²) in [5.74, 6) is -3.19. The van der Waals surface area contributed by atoms with E-state index in [2.05, 4.69) is 4.90 Å².